The average Bonchev–Trinajstić information content (AvgIpc) is 2.92. The van der Waals surface area contributed by atoms with Gasteiger partial charge < -0.3 is 4.90 Å². The van der Waals surface area contributed by atoms with Crippen molar-refractivity contribution in [3.63, 3.8) is 0 Å². The standard InChI is InChI=1S/C33H29NO2/c1-34(2)31-17-15-25(16-18-31)30(21-32(35)28-13-11-23-7-3-5-9-26(23)19-28)22-33(36)29-14-12-24-8-4-6-10-27(24)20-29/h3-20,30H,21-22H2,1-2H3. The Labute approximate surface area is 212 Å². The summed E-state index contributed by atoms with van der Waals surface area (Å²) in [6.45, 7) is 0. The number of fused-ring (bicyclic) bond motifs is 2. The van der Waals surface area contributed by atoms with Crippen molar-refractivity contribution < 1.29 is 9.59 Å². The predicted octanol–water partition coefficient (Wildman–Crippen LogP) is 7.69. The van der Waals surface area contributed by atoms with Gasteiger partial charge in [-0.05, 0) is 57.3 Å². The van der Waals surface area contributed by atoms with Crippen molar-refractivity contribution in [1.29, 1.82) is 0 Å². The molecule has 0 saturated heterocycles. The van der Waals surface area contributed by atoms with Crippen LogP contribution >= 0.6 is 0 Å². The second-order valence-electron chi connectivity index (χ2n) is 9.56. The Morgan fingerprint density at radius 3 is 1.47 bits per heavy atom. The molecule has 0 saturated carbocycles. The van der Waals surface area contributed by atoms with E-state index in [1.165, 1.54) is 0 Å². The number of rotatable bonds is 8. The van der Waals surface area contributed by atoms with Crippen molar-refractivity contribution in [1.82, 2.24) is 0 Å². The van der Waals surface area contributed by atoms with E-state index >= 15 is 0 Å². The number of benzene rings is 5. The average molecular weight is 472 g/mol. The molecule has 0 aromatic heterocycles. The molecule has 0 N–H and O–H groups in total. The van der Waals surface area contributed by atoms with Gasteiger partial charge in [0.05, 0.1) is 0 Å². The summed E-state index contributed by atoms with van der Waals surface area (Å²) in [5, 5.41) is 4.30. The molecule has 36 heavy (non-hydrogen) atoms. The van der Waals surface area contributed by atoms with Gasteiger partial charge in [0.2, 0.25) is 0 Å². The molecular formula is C33H29NO2. The van der Waals surface area contributed by atoms with Crippen LogP contribution in [0.5, 0.6) is 0 Å². The fourth-order valence-electron chi connectivity index (χ4n) is 4.76. The molecule has 0 bridgehead atoms. The van der Waals surface area contributed by atoms with E-state index in [-0.39, 0.29) is 30.3 Å². The maximum atomic E-state index is 13.4. The van der Waals surface area contributed by atoms with Crippen LogP contribution in [0.25, 0.3) is 21.5 Å². The first-order valence-electron chi connectivity index (χ1n) is 12.3. The molecule has 0 aliphatic carbocycles. The number of carbonyl (C=O) groups excluding carboxylic acids is 2. The molecule has 0 aliphatic heterocycles. The zero-order chi connectivity index (χ0) is 25.1. The number of carbonyl (C=O) groups is 2. The first kappa shape index (κ1) is 23.5. The number of hydrogen-bond donors (Lipinski definition) is 0. The summed E-state index contributed by atoms with van der Waals surface area (Å²) >= 11 is 0. The Hall–Kier alpha value is -4.24. The molecule has 0 atom stereocenters. The van der Waals surface area contributed by atoms with Gasteiger partial charge in [-0.2, -0.15) is 0 Å². The van der Waals surface area contributed by atoms with Crippen LogP contribution in [0.2, 0.25) is 0 Å². The van der Waals surface area contributed by atoms with Crippen LogP contribution in [-0.2, 0) is 0 Å². The van der Waals surface area contributed by atoms with Gasteiger partial charge in [-0.1, -0.05) is 84.9 Å². The van der Waals surface area contributed by atoms with Crippen molar-refractivity contribution in [3.05, 3.63) is 126 Å². The molecule has 0 fully saturated rings. The molecule has 0 unspecified atom stereocenters. The van der Waals surface area contributed by atoms with Gasteiger partial charge >= 0.3 is 0 Å². The molecule has 5 rings (SSSR count). The SMILES string of the molecule is CN(C)c1ccc(C(CC(=O)c2ccc3ccccc3c2)CC(=O)c2ccc3ccccc3c2)cc1. The van der Waals surface area contributed by atoms with Crippen molar-refractivity contribution in [2.24, 2.45) is 0 Å². The highest BCUT2D eigenvalue weighted by Gasteiger charge is 2.22. The maximum Gasteiger partial charge on any atom is 0.163 e. The minimum Gasteiger partial charge on any atom is -0.378 e. The van der Waals surface area contributed by atoms with Crippen LogP contribution in [-0.4, -0.2) is 25.7 Å². The first-order chi connectivity index (χ1) is 17.5. The lowest BCUT2D eigenvalue weighted by atomic mass is 9.85. The van der Waals surface area contributed by atoms with Crippen LogP contribution in [0.15, 0.2) is 109 Å². The highest BCUT2D eigenvalue weighted by atomic mass is 16.1. The summed E-state index contributed by atoms with van der Waals surface area (Å²) in [4.78, 5) is 28.9. The van der Waals surface area contributed by atoms with E-state index < -0.39 is 0 Å². The van der Waals surface area contributed by atoms with Gasteiger partial charge in [0.1, 0.15) is 0 Å². The number of nitrogens with zero attached hydrogens (tertiary/aromatic N) is 1. The van der Waals surface area contributed by atoms with Crippen molar-refractivity contribution in [3.8, 4) is 0 Å². The quantitative estimate of drug-likeness (QED) is 0.218. The normalized spacial score (nSPS) is 11.2. The maximum absolute atomic E-state index is 13.4. The Kier molecular flexibility index (Phi) is 6.64. The number of anilines is 1. The van der Waals surface area contributed by atoms with Gasteiger partial charge in [0, 0.05) is 43.8 Å². The van der Waals surface area contributed by atoms with E-state index in [2.05, 4.69) is 0 Å². The van der Waals surface area contributed by atoms with Crippen LogP contribution in [0.1, 0.15) is 45.0 Å². The number of ketones is 2. The van der Waals surface area contributed by atoms with Crippen LogP contribution in [0.3, 0.4) is 0 Å². The molecule has 3 heteroatoms. The highest BCUT2D eigenvalue weighted by Crippen LogP contribution is 2.30. The second-order valence-corrected chi connectivity index (χ2v) is 9.56. The minimum absolute atomic E-state index is 0.0498. The molecule has 3 nitrogen and oxygen atoms in total. The Morgan fingerprint density at radius 2 is 1.03 bits per heavy atom. The molecule has 0 spiro atoms. The molecule has 0 amide bonds. The molecule has 5 aromatic rings. The summed E-state index contributed by atoms with van der Waals surface area (Å²) in [5.41, 5.74) is 3.45. The monoisotopic (exact) mass is 471 g/mol. The van der Waals surface area contributed by atoms with Crippen molar-refractivity contribution in [2.45, 2.75) is 18.8 Å². The molecule has 0 radical (unpaired) electrons. The summed E-state index contributed by atoms with van der Waals surface area (Å²) in [5.74, 6) is -0.110. The smallest absolute Gasteiger partial charge is 0.163 e. The Balaban J connectivity index is 1.43. The number of Topliss-reactive ketones (excluding diaryl/α,β-unsaturated/α-hetero) is 2. The zero-order valence-electron chi connectivity index (χ0n) is 20.6. The predicted molar refractivity (Wildman–Crippen MR) is 149 cm³/mol. The lowest BCUT2D eigenvalue weighted by Gasteiger charge is -2.19. The van der Waals surface area contributed by atoms with Crippen LogP contribution < -0.4 is 4.90 Å². The minimum atomic E-state index is -0.209. The molecule has 178 valence electrons. The van der Waals surface area contributed by atoms with Gasteiger partial charge in [0.15, 0.2) is 11.6 Å². The third-order valence-electron chi connectivity index (χ3n) is 6.89. The van der Waals surface area contributed by atoms with Gasteiger partial charge in [-0.3, -0.25) is 9.59 Å². The van der Waals surface area contributed by atoms with E-state index in [4.69, 9.17) is 0 Å². The van der Waals surface area contributed by atoms with E-state index in [9.17, 15) is 9.59 Å². The van der Waals surface area contributed by atoms with E-state index in [0.717, 1.165) is 32.8 Å². The number of hydrogen-bond acceptors (Lipinski definition) is 3. The van der Waals surface area contributed by atoms with Crippen molar-refractivity contribution >= 4 is 38.8 Å². The molecule has 0 heterocycles. The van der Waals surface area contributed by atoms with Crippen LogP contribution in [0, 0.1) is 0 Å². The summed E-state index contributed by atoms with van der Waals surface area (Å²) in [6.07, 6.45) is 0.554. The third kappa shape index (κ3) is 5.06. The van der Waals surface area contributed by atoms with Crippen molar-refractivity contribution in [2.75, 3.05) is 19.0 Å². The lowest BCUT2D eigenvalue weighted by Crippen LogP contribution is -2.13. The Bertz CT molecular complexity index is 1460. The van der Waals surface area contributed by atoms with E-state index in [1.54, 1.807) is 0 Å². The second kappa shape index (κ2) is 10.2. The van der Waals surface area contributed by atoms with Crippen LogP contribution in [0.4, 0.5) is 5.69 Å². The lowest BCUT2D eigenvalue weighted by molar-refractivity contribution is 0.0944. The summed E-state index contributed by atoms with van der Waals surface area (Å²) < 4.78 is 0. The molecular weight excluding hydrogens is 442 g/mol. The summed E-state index contributed by atoms with van der Waals surface area (Å²) in [7, 11) is 4.00. The molecule has 5 aromatic carbocycles. The fraction of sp³-hybridized carbons (Fsp3) is 0.152. The first-order valence-corrected chi connectivity index (χ1v) is 12.3. The topological polar surface area (TPSA) is 37.4 Å². The molecule has 0 aliphatic rings. The van der Waals surface area contributed by atoms with Gasteiger partial charge in [0.25, 0.3) is 0 Å². The largest absolute Gasteiger partial charge is 0.378 e. The highest BCUT2D eigenvalue weighted by molar-refractivity contribution is 6.02. The summed E-state index contributed by atoms with van der Waals surface area (Å²) in [6, 6.07) is 35.9. The Morgan fingerprint density at radius 1 is 0.583 bits per heavy atom. The van der Waals surface area contributed by atoms with E-state index in [1.807, 2.05) is 128 Å². The fourth-order valence-corrected chi connectivity index (χ4v) is 4.76. The third-order valence-corrected chi connectivity index (χ3v) is 6.89. The van der Waals surface area contributed by atoms with Gasteiger partial charge in [-0.15, -0.1) is 0 Å². The van der Waals surface area contributed by atoms with Gasteiger partial charge in [-0.25, -0.2) is 0 Å². The zero-order valence-corrected chi connectivity index (χ0v) is 20.6. The van der Waals surface area contributed by atoms with E-state index in [0.29, 0.717) is 11.1 Å².